The van der Waals surface area contributed by atoms with Gasteiger partial charge in [-0.1, -0.05) is 5.16 Å². The quantitative estimate of drug-likeness (QED) is 0.934. The van der Waals surface area contributed by atoms with Crippen LogP contribution in [-0.2, 0) is 10.2 Å². The van der Waals surface area contributed by atoms with Crippen LogP contribution in [0.2, 0.25) is 0 Å². The molecule has 1 fully saturated rings. The van der Waals surface area contributed by atoms with E-state index in [0.29, 0.717) is 23.9 Å². The molecule has 0 bridgehead atoms. The van der Waals surface area contributed by atoms with E-state index in [2.05, 4.69) is 15.5 Å². The van der Waals surface area contributed by atoms with Crippen LogP contribution in [0.3, 0.4) is 0 Å². The van der Waals surface area contributed by atoms with Gasteiger partial charge in [-0.15, -0.1) is 0 Å². The summed E-state index contributed by atoms with van der Waals surface area (Å²) >= 11 is 0. The van der Waals surface area contributed by atoms with Gasteiger partial charge in [0.25, 0.3) is 0 Å². The van der Waals surface area contributed by atoms with Gasteiger partial charge in [0.1, 0.15) is 5.82 Å². The summed E-state index contributed by atoms with van der Waals surface area (Å²) in [5.41, 5.74) is 1.05. The largest absolute Gasteiger partial charge is 0.384 e. The Morgan fingerprint density at radius 3 is 3.00 bits per heavy atom. The van der Waals surface area contributed by atoms with Gasteiger partial charge in [-0.2, -0.15) is 4.98 Å². The van der Waals surface area contributed by atoms with Crippen molar-refractivity contribution in [3.63, 3.8) is 0 Å². The fourth-order valence-corrected chi connectivity index (χ4v) is 2.73. The molecule has 21 heavy (non-hydrogen) atoms. The molecule has 3 rings (SSSR count). The van der Waals surface area contributed by atoms with Gasteiger partial charge in [-0.05, 0) is 43.7 Å². The number of hydrogen-bond donors (Lipinski definition) is 1. The predicted molar refractivity (Wildman–Crippen MR) is 75.5 cm³/mol. The highest BCUT2D eigenvalue weighted by molar-refractivity contribution is 5.55. The number of nitrogens with one attached hydrogen (secondary N) is 1. The zero-order chi connectivity index (χ0) is 14.9. The van der Waals surface area contributed by atoms with Gasteiger partial charge < -0.3 is 14.6 Å². The van der Waals surface area contributed by atoms with Crippen molar-refractivity contribution >= 4 is 0 Å². The van der Waals surface area contributed by atoms with Crippen molar-refractivity contribution in [1.82, 2.24) is 15.5 Å². The van der Waals surface area contributed by atoms with Crippen LogP contribution in [-0.4, -0.2) is 36.9 Å². The van der Waals surface area contributed by atoms with E-state index in [1.807, 2.05) is 0 Å². The molecule has 1 atom stereocenters. The Balaban J connectivity index is 1.93. The predicted octanol–water partition coefficient (Wildman–Crippen LogP) is 2.06. The molecule has 1 unspecified atom stereocenters. The second-order valence-corrected chi connectivity index (χ2v) is 5.53. The summed E-state index contributed by atoms with van der Waals surface area (Å²) in [5.74, 6) is 0.820. The Morgan fingerprint density at radius 1 is 1.48 bits per heavy atom. The molecule has 0 spiro atoms. The first-order valence-corrected chi connectivity index (χ1v) is 6.95. The number of ether oxygens (including phenoxy) is 1. The van der Waals surface area contributed by atoms with Crippen LogP contribution in [0.15, 0.2) is 22.7 Å². The molecule has 1 aromatic carbocycles. The lowest BCUT2D eigenvalue weighted by Crippen LogP contribution is -2.34. The smallest absolute Gasteiger partial charge is 0.236 e. The van der Waals surface area contributed by atoms with E-state index in [1.54, 1.807) is 26.2 Å². The summed E-state index contributed by atoms with van der Waals surface area (Å²) in [7, 11) is 1.67. The molecular weight excluding hydrogens is 273 g/mol. The molecule has 1 saturated heterocycles. The highest BCUT2D eigenvalue weighted by atomic mass is 19.1. The molecule has 0 amide bonds. The number of halogens is 1. The third kappa shape index (κ3) is 2.56. The number of hydrogen-bond acceptors (Lipinski definition) is 5. The van der Waals surface area contributed by atoms with Gasteiger partial charge in [0, 0.05) is 19.2 Å². The highest BCUT2D eigenvalue weighted by Crippen LogP contribution is 2.31. The maximum atomic E-state index is 13.3. The number of rotatable bonds is 4. The number of aryl methyl sites for hydroxylation is 1. The lowest BCUT2D eigenvalue weighted by atomic mass is 9.88. The molecule has 1 aliphatic rings. The molecule has 2 heterocycles. The van der Waals surface area contributed by atoms with Crippen LogP contribution in [0.1, 0.15) is 17.9 Å². The molecule has 0 aliphatic carbocycles. The molecule has 112 valence electrons. The fourth-order valence-electron chi connectivity index (χ4n) is 2.73. The van der Waals surface area contributed by atoms with Crippen LogP contribution in [0, 0.1) is 12.7 Å². The normalized spacial score (nSPS) is 21.9. The van der Waals surface area contributed by atoms with Crippen LogP contribution < -0.4 is 5.32 Å². The van der Waals surface area contributed by atoms with E-state index in [-0.39, 0.29) is 11.2 Å². The molecule has 1 aromatic heterocycles. The molecule has 6 heteroatoms. The number of nitrogens with zero attached hydrogens (tertiary/aromatic N) is 2. The average molecular weight is 291 g/mol. The molecule has 0 radical (unpaired) electrons. The number of aromatic nitrogens is 2. The summed E-state index contributed by atoms with van der Waals surface area (Å²) in [6.07, 6.45) is 0.894. The van der Waals surface area contributed by atoms with Crippen LogP contribution in [0.4, 0.5) is 4.39 Å². The van der Waals surface area contributed by atoms with Crippen molar-refractivity contribution in [2.45, 2.75) is 18.8 Å². The zero-order valence-corrected chi connectivity index (χ0v) is 12.1. The first kappa shape index (κ1) is 14.2. The molecule has 1 N–H and O–H groups in total. The SMILES string of the molecule is COCC1(c2nc(-c3ccc(F)c(C)c3)no2)CCNC1. The monoisotopic (exact) mass is 291 g/mol. The number of methoxy groups -OCH3 is 1. The van der Waals surface area contributed by atoms with E-state index in [0.717, 1.165) is 25.1 Å². The fraction of sp³-hybridized carbons (Fsp3) is 0.467. The van der Waals surface area contributed by atoms with E-state index < -0.39 is 0 Å². The van der Waals surface area contributed by atoms with Gasteiger partial charge in [0.05, 0.1) is 12.0 Å². The first-order valence-electron chi connectivity index (χ1n) is 6.95. The van der Waals surface area contributed by atoms with Crippen LogP contribution in [0.25, 0.3) is 11.4 Å². The summed E-state index contributed by atoms with van der Waals surface area (Å²) in [4.78, 5) is 4.50. The zero-order valence-electron chi connectivity index (χ0n) is 12.1. The molecule has 5 nitrogen and oxygen atoms in total. The van der Waals surface area contributed by atoms with Crippen molar-refractivity contribution in [1.29, 1.82) is 0 Å². The summed E-state index contributed by atoms with van der Waals surface area (Å²) in [6, 6.07) is 4.80. The molecule has 2 aromatic rings. The minimum atomic E-state index is -0.269. The Kier molecular flexibility index (Phi) is 3.73. The maximum Gasteiger partial charge on any atom is 0.236 e. The average Bonchev–Trinajstić information content (AvgIpc) is 3.12. The topological polar surface area (TPSA) is 60.2 Å². The Labute approximate surface area is 122 Å². The minimum Gasteiger partial charge on any atom is -0.384 e. The van der Waals surface area contributed by atoms with Gasteiger partial charge in [0.15, 0.2) is 0 Å². The Hall–Kier alpha value is -1.79. The number of benzene rings is 1. The lowest BCUT2D eigenvalue weighted by Gasteiger charge is -2.22. The Morgan fingerprint density at radius 2 is 2.33 bits per heavy atom. The van der Waals surface area contributed by atoms with Crippen molar-refractivity contribution in [3.05, 3.63) is 35.5 Å². The highest BCUT2D eigenvalue weighted by Gasteiger charge is 2.41. The third-order valence-electron chi connectivity index (χ3n) is 3.96. The van der Waals surface area contributed by atoms with Crippen molar-refractivity contribution in [2.75, 3.05) is 26.8 Å². The standard InChI is InChI=1S/C15H18FN3O2/c1-10-7-11(3-4-12(10)16)13-18-14(21-19-13)15(9-20-2)5-6-17-8-15/h3-4,7,17H,5-6,8-9H2,1-2H3. The van der Waals surface area contributed by atoms with Crippen molar-refractivity contribution in [2.24, 2.45) is 0 Å². The Bertz CT molecular complexity index is 636. The van der Waals surface area contributed by atoms with Crippen molar-refractivity contribution in [3.8, 4) is 11.4 Å². The lowest BCUT2D eigenvalue weighted by molar-refractivity contribution is 0.117. The van der Waals surface area contributed by atoms with Gasteiger partial charge in [-0.3, -0.25) is 0 Å². The van der Waals surface area contributed by atoms with Gasteiger partial charge in [-0.25, -0.2) is 4.39 Å². The minimum absolute atomic E-state index is 0.238. The molecular formula is C15H18FN3O2. The maximum absolute atomic E-state index is 13.3. The molecule has 1 aliphatic heterocycles. The third-order valence-corrected chi connectivity index (χ3v) is 3.96. The first-order chi connectivity index (χ1) is 10.1. The van der Waals surface area contributed by atoms with E-state index in [4.69, 9.17) is 9.26 Å². The summed E-state index contributed by atoms with van der Waals surface area (Å²) in [6.45, 7) is 3.90. The van der Waals surface area contributed by atoms with Gasteiger partial charge in [0.2, 0.25) is 11.7 Å². The van der Waals surface area contributed by atoms with E-state index >= 15 is 0 Å². The summed E-state index contributed by atoms with van der Waals surface area (Å²) < 4.78 is 24.1. The second-order valence-electron chi connectivity index (χ2n) is 5.53. The van der Waals surface area contributed by atoms with E-state index in [9.17, 15) is 4.39 Å². The second kappa shape index (κ2) is 5.54. The van der Waals surface area contributed by atoms with Gasteiger partial charge >= 0.3 is 0 Å². The molecule has 0 saturated carbocycles. The van der Waals surface area contributed by atoms with Crippen LogP contribution in [0.5, 0.6) is 0 Å². The summed E-state index contributed by atoms with van der Waals surface area (Å²) in [5, 5.41) is 7.34. The van der Waals surface area contributed by atoms with Crippen molar-refractivity contribution < 1.29 is 13.7 Å². The van der Waals surface area contributed by atoms with E-state index in [1.165, 1.54) is 6.07 Å². The van der Waals surface area contributed by atoms with Crippen LogP contribution >= 0.6 is 0 Å².